The van der Waals surface area contributed by atoms with Crippen molar-refractivity contribution in [1.82, 2.24) is 0 Å². The van der Waals surface area contributed by atoms with E-state index in [1.165, 1.54) is 6.42 Å². The third kappa shape index (κ3) is 5.30. The molecule has 0 saturated heterocycles. The summed E-state index contributed by atoms with van der Waals surface area (Å²) < 4.78 is 0. The maximum absolute atomic E-state index is 10.2. The molecule has 0 aromatic heterocycles. The number of hydrogen-bond donors (Lipinski definition) is 1. The predicted octanol–water partition coefficient (Wildman–Crippen LogP) is 2.01. The zero-order chi connectivity index (χ0) is 9.56. The molecule has 0 spiro atoms. The average Bonchev–Trinajstić information content (AvgIpc) is 2.02. The molecular formula is C10H20O2. The molecule has 1 N–H and O–H groups in total. The molecule has 2 heteroatoms. The zero-order valence-electron chi connectivity index (χ0n) is 8.29. The smallest absolute Gasteiger partial charge is 0.148 e. The number of carbonyl (C=O) groups is 1. The summed E-state index contributed by atoms with van der Waals surface area (Å²) >= 11 is 0. The fourth-order valence-electron chi connectivity index (χ4n) is 1.15. The number of aliphatic hydroxyl groups is 1. The molecule has 0 saturated carbocycles. The Kier molecular flexibility index (Phi) is 5.99. The summed E-state index contributed by atoms with van der Waals surface area (Å²) in [5, 5.41) is 9.12. The van der Waals surface area contributed by atoms with Crippen LogP contribution >= 0.6 is 0 Å². The lowest BCUT2D eigenvalue weighted by molar-refractivity contribution is -0.117. The number of aliphatic hydroxyl groups excluding tert-OH is 1. The summed E-state index contributed by atoms with van der Waals surface area (Å²) in [6.45, 7) is 6.28. The highest BCUT2D eigenvalue weighted by molar-refractivity contribution is 5.55. The Balaban J connectivity index is 3.43. The van der Waals surface area contributed by atoms with Crippen LogP contribution in [0.3, 0.4) is 0 Å². The number of carbonyl (C=O) groups excluding carboxylic acids is 1. The highest BCUT2D eigenvalue weighted by Gasteiger charge is 2.12. The van der Waals surface area contributed by atoms with E-state index in [4.69, 9.17) is 5.11 Å². The second-order valence-corrected chi connectivity index (χ2v) is 3.93. The molecule has 0 aliphatic heterocycles. The van der Waals surface area contributed by atoms with E-state index >= 15 is 0 Å². The van der Waals surface area contributed by atoms with Gasteiger partial charge < -0.3 is 9.90 Å². The van der Waals surface area contributed by atoms with Gasteiger partial charge in [-0.3, -0.25) is 0 Å². The van der Waals surface area contributed by atoms with Crippen LogP contribution in [0.15, 0.2) is 0 Å². The van der Waals surface area contributed by atoms with Crippen LogP contribution < -0.4 is 0 Å². The summed E-state index contributed by atoms with van der Waals surface area (Å²) in [5.41, 5.74) is 0. The summed E-state index contributed by atoms with van der Waals surface area (Å²) in [6, 6.07) is 0. The quantitative estimate of drug-likeness (QED) is 0.622. The first-order chi connectivity index (χ1) is 5.57. The molecule has 0 heterocycles. The Labute approximate surface area is 75.0 Å². The van der Waals surface area contributed by atoms with Gasteiger partial charge in [0.05, 0.1) is 0 Å². The van der Waals surface area contributed by atoms with Gasteiger partial charge in [0.1, 0.15) is 12.4 Å². The third-order valence-corrected chi connectivity index (χ3v) is 2.16. The van der Waals surface area contributed by atoms with E-state index in [0.29, 0.717) is 12.2 Å². The van der Waals surface area contributed by atoms with Gasteiger partial charge in [-0.2, -0.15) is 0 Å². The fourth-order valence-corrected chi connectivity index (χ4v) is 1.15. The Morgan fingerprint density at radius 1 is 1.25 bits per heavy atom. The van der Waals surface area contributed by atoms with Crippen LogP contribution in [0.2, 0.25) is 0 Å². The molecular weight excluding hydrogens is 152 g/mol. The minimum absolute atomic E-state index is 0.112. The SMILES string of the molecule is CC(C)CCCC(C)C(O)C=O. The van der Waals surface area contributed by atoms with Crippen molar-refractivity contribution in [2.24, 2.45) is 11.8 Å². The molecule has 2 unspecified atom stereocenters. The minimum Gasteiger partial charge on any atom is -0.385 e. The predicted molar refractivity (Wildman–Crippen MR) is 49.9 cm³/mol. The highest BCUT2D eigenvalue weighted by Crippen LogP contribution is 2.14. The first-order valence-corrected chi connectivity index (χ1v) is 4.71. The van der Waals surface area contributed by atoms with Gasteiger partial charge in [-0.15, -0.1) is 0 Å². The average molecular weight is 172 g/mol. The van der Waals surface area contributed by atoms with Gasteiger partial charge in [-0.05, 0) is 18.3 Å². The molecule has 0 aromatic rings. The van der Waals surface area contributed by atoms with Gasteiger partial charge in [0.15, 0.2) is 0 Å². The van der Waals surface area contributed by atoms with Gasteiger partial charge in [0.2, 0.25) is 0 Å². The van der Waals surface area contributed by atoms with Gasteiger partial charge in [-0.1, -0.05) is 33.6 Å². The van der Waals surface area contributed by atoms with Gasteiger partial charge >= 0.3 is 0 Å². The van der Waals surface area contributed by atoms with Crippen LogP contribution in [-0.2, 0) is 4.79 Å². The molecule has 0 bridgehead atoms. The number of rotatable bonds is 6. The van der Waals surface area contributed by atoms with Crippen LogP contribution in [0.25, 0.3) is 0 Å². The van der Waals surface area contributed by atoms with Gasteiger partial charge in [-0.25, -0.2) is 0 Å². The maximum Gasteiger partial charge on any atom is 0.148 e. The van der Waals surface area contributed by atoms with E-state index in [0.717, 1.165) is 12.8 Å². The summed E-state index contributed by atoms with van der Waals surface area (Å²) in [7, 11) is 0. The highest BCUT2D eigenvalue weighted by atomic mass is 16.3. The van der Waals surface area contributed by atoms with Crippen LogP contribution in [0, 0.1) is 11.8 Å². The fraction of sp³-hybridized carbons (Fsp3) is 0.900. The second kappa shape index (κ2) is 6.18. The Bertz CT molecular complexity index is 121. The normalized spacial score (nSPS) is 16.1. The number of hydrogen-bond acceptors (Lipinski definition) is 2. The molecule has 12 heavy (non-hydrogen) atoms. The van der Waals surface area contributed by atoms with Gasteiger partial charge in [0.25, 0.3) is 0 Å². The van der Waals surface area contributed by atoms with Crippen molar-refractivity contribution >= 4 is 6.29 Å². The Hall–Kier alpha value is -0.370. The molecule has 0 radical (unpaired) electrons. The van der Waals surface area contributed by atoms with Crippen molar-refractivity contribution in [1.29, 1.82) is 0 Å². The zero-order valence-corrected chi connectivity index (χ0v) is 8.29. The largest absolute Gasteiger partial charge is 0.385 e. The molecule has 0 aliphatic rings. The molecule has 2 nitrogen and oxygen atoms in total. The summed E-state index contributed by atoms with van der Waals surface area (Å²) in [4.78, 5) is 10.2. The molecule has 0 aliphatic carbocycles. The first-order valence-electron chi connectivity index (χ1n) is 4.71. The van der Waals surface area contributed by atoms with Crippen molar-refractivity contribution in [3.05, 3.63) is 0 Å². The Morgan fingerprint density at radius 3 is 2.25 bits per heavy atom. The van der Waals surface area contributed by atoms with E-state index in [9.17, 15) is 4.79 Å². The van der Waals surface area contributed by atoms with E-state index in [1.807, 2.05) is 6.92 Å². The van der Waals surface area contributed by atoms with Crippen molar-refractivity contribution in [2.75, 3.05) is 0 Å². The van der Waals surface area contributed by atoms with E-state index < -0.39 is 6.10 Å². The van der Waals surface area contributed by atoms with E-state index in [2.05, 4.69) is 13.8 Å². The molecule has 72 valence electrons. The van der Waals surface area contributed by atoms with Gasteiger partial charge in [0, 0.05) is 0 Å². The monoisotopic (exact) mass is 172 g/mol. The lowest BCUT2D eigenvalue weighted by Gasteiger charge is -2.13. The van der Waals surface area contributed by atoms with Crippen molar-refractivity contribution < 1.29 is 9.90 Å². The first kappa shape index (κ1) is 11.6. The maximum atomic E-state index is 10.2. The van der Waals surface area contributed by atoms with Crippen molar-refractivity contribution in [2.45, 2.75) is 46.1 Å². The third-order valence-electron chi connectivity index (χ3n) is 2.16. The van der Waals surface area contributed by atoms with Crippen molar-refractivity contribution in [3.63, 3.8) is 0 Å². The number of aldehydes is 1. The summed E-state index contributed by atoms with van der Waals surface area (Å²) in [6.07, 6.45) is 3.08. The standard InChI is InChI=1S/C10H20O2/c1-8(2)5-4-6-9(3)10(12)7-11/h7-10,12H,4-6H2,1-3H3. The van der Waals surface area contributed by atoms with Crippen LogP contribution in [0.5, 0.6) is 0 Å². The van der Waals surface area contributed by atoms with E-state index in [-0.39, 0.29) is 5.92 Å². The minimum atomic E-state index is -0.767. The topological polar surface area (TPSA) is 37.3 Å². The molecule has 0 aromatic carbocycles. The van der Waals surface area contributed by atoms with Crippen LogP contribution in [-0.4, -0.2) is 17.5 Å². The van der Waals surface area contributed by atoms with E-state index in [1.54, 1.807) is 0 Å². The summed E-state index contributed by atoms with van der Waals surface area (Å²) in [5.74, 6) is 0.826. The molecule has 2 atom stereocenters. The second-order valence-electron chi connectivity index (χ2n) is 3.93. The molecule has 0 amide bonds. The lowest BCUT2D eigenvalue weighted by atomic mass is 9.96. The van der Waals surface area contributed by atoms with Crippen molar-refractivity contribution in [3.8, 4) is 0 Å². The molecule has 0 rings (SSSR count). The Morgan fingerprint density at radius 2 is 1.83 bits per heavy atom. The molecule has 0 fully saturated rings. The lowest BCUT2D eigenvalue weighted by Crippen LogP contribution is -2.18. The van der Waals surface area contributed by atoms with Crippen LogP contribution in [0.4, 0.5) is 0 Å². The van der Waals surface area contributed by atoms with Crippen LogP contribution in [0.1, 0.15) is 40.0 Å².